The highest BCUT2D eigenvalue weighted by Gasteiger charge is 2.28. The molecule has 9 heteroatoms. The maximum absolute atomic E-state index is 11.6. The maximum atomic E-state index is 11.6. The van der Waals surface area contributed by atoms with E-state index >= 15 is 0 Å². The van der Waals surface area contributed by atoms with Crippen LogP contribution in [0.15, 0.2) is 29.2 Å². The molecule has 31 heavy (non-hydrogen) atoms. The van der Waals surface area contributed by atoms with Crippen molar-refractivity contribution in [2.75, 3.05) is 37.9 Å². The lowest BCUT2D eigenvalue weighted by atomic mass is 9.79. The molecule has 0 aliphatic heterocycles. The third kappa shape index (κ3) is 6.30. The molecule has 1 saturated carbocycles. The molecule has 1 fully saturated rings. The molecular formula is C22H32N6O2S. The van der Waals surface area contributed by atoms with Crippen LogP contribution in [0.3, 0.4) is 0 Å². The van der Waals surface area contributed by atoms with E-state index in [1.807, 2.05) is 24.5 Å². The van der Waals surface area contributed by atoms with E-state index < -0.39 is 4.92 Å². The van der Waals surface area contributed by atoms with Gasteiger partial charge >= 0.3 is 5.69 Å². The van der Waals surface area contributed by atoms with Crippen LogP contribution in [-0.2, 0) is 13.0 Å². The zero-order valence-electron chi connectivity index (χ0n) is 18.5. The molecule has 8 nitrogen and oxygen atoms in total. The van der Waals surface area contributed by atoms with Gasteiger partial charge in [0.05, 0.1) is 4.92 Å². The number of aromatic nitrogens is 2. The largest absolute Gasteiger partial charge is 0.378 e. The van der Waals surface area contributed by atoms with Gasteiger partial charge in [-0.2, -0.15) is 4.98 Å². The summed E-state index contributed by atoms with van der Waals surface area (Å²) in [5, 5.41) is 14.9. The normalized spacial score (nSPS) is 18.8. The summed E-state index contributed by atoms with van der Waals surface area (Å²) in [6.07, 6.45) is 7.01. The first-order valence-corrected chi connectivity index (χ1v) is 11.9. The van der Waals surface area contributed by atoms with Gasteiger partial charge in [-0.1, -0.05) is 18.2 Å². The number of nitrogens with zero attached hydrogens (tertiary/aromatic N) is 4. The van der Waals surface area contributed by atoms with Crippen LogP contribution in [0.5, 0.6) is 0 Å². The van der Waals surface area contributed by atoms with Crippen molar-refractivity contribution in [3.05, 3.63) is 45.6 Å². The van der Waals surface area contributed by atoms with Gasteiger partial charge in [-0.05, 0) is 75.9 Å². The first-order chi connectivity index (χ1) is 14.9. The first kappa shape index (κ1) is 23.3. The minimum Gasteiger partial charge on any atom is -0.378 e. The second-order valence-corrected chi connectivity index (χ2v) is 9.35. The van der Waals surface area contributed by atoms with Gasteiger partial charge < -0.3 is 16.0 Å². The molecule has 1 aromatic heterocycles. The molecule has 0 amide bonds. The van der Waals surface area contributed by atoms with Crippen LogP contribution in [0.25, 0.3) is 0 Å². The van der Waals surface area contributed by atoms with Crippen LogP contribution in [0.4, 0.5) is 17.5 Å². The van der Waals surface area contributed by atoms with E-state index in [0.29, 0.717) is 36.4 Å². The lowest BCUT2D eigenvalue weighted by molar-refractivity contribution is -0.385. The minimum absolute atomic E-state index is 0.0723. The molecule has 2 aromatic rings. The van der Waals surface area contributed by atoms with Crippen LogP contribution in [-0.4, -0.2) is 46.7 Å². The molecule has 0 unspecified atom stereocenters. The monoisotopic (exact) mass is 444 g/mol. The topological polar surface area (TPSA) is 110 Å². The fourth-order valence-corrected chi connectivity index (χ4v) is 4.99. The lowest BCUT2D eigenvalue weighted by Crippen LogP contribution is -2.26. The quantitative estimate of drug-likeness (QED) is 0.336. The maximum Gasteiger partial charge on any atom is 0.332 e. The molecule has 0 saturated heterocycles. The summed E-state index contributed by atoms with van der Waals surface area (Å²) < 4.78 is 0. The second kappa shape index (κ2) is 10.8. The minimum atomic E-state index is -0.449. The van der Waals surface area contributed by atoms with Gasteiger partial charge in [0.25, 0.3) is 0 Å². The van der Waals surface area contributed by atoms with Gasteiger partial charge in [0.1, 0.15) is 5.69 Å². The number of nitro groups is 1. The standard InChI is InChI=1S/C22H32N6O2S/c1-27(2)14-16-10-8-15(9-11-16)12-18-20(28(29)30)21(23)26-22(25-18)24-13-17-6-4-5-7-19(17)31-3/h4-7,15-16H,8-14H2,1-3H3,(H3,23,24,25,26). The Labute approximate surface area is 188 Å². The molecule has 168 valence electrons. The molecule has 1 heterocycles. The second-order valence-electron chi connectivity index (χ2n) is 8.50. The molecule has 0 spiro atoms. The van der Waals surface area contributed by atoms with Crippen LogP contribution in [0.2, 0.25) is 0 Å². The number of nitrogens with one attached hydrogen (secondary N) is 1. The van der Waals surface area contributed by atoms with Gasteiger partial charge in [-0.25, -0.2) is 4.98 Å². The molecule has 0 bridgehead atoms. The zero-order chi connectivity index (χ0) is 22.4. The lowest BCUT2D eigenvalue weighted by Gasteiger charge is -2.30. The average molecular weight is 445 g/mol. The number of hydrogen-bond donors (Lipinski definition) is 2. The van der Waals surface area contributed by atoms with Crippen molar-refractivity contribution in [1.82, 2.24) is 14.9 Å². The van der Waals surface area contributed by atoms with Crippen molar-refractivity contribution in [3.63, 3.8) is 0 Å². The fourth-order valence-electron chi connectivity index (χ4n) is 4.37. The Kier molecular flexibility index (Phi) is 8.09. The molecule has 0 radical (unpaired) electrons. The highest BCUT2D eigenvalue weighted by atomic mass is 32.2. The van der Waals surface area contributed by atoms with Crippen molar-refractivity contribution in [2.45, 2.75) is 43.5 Å². The van der Waals surface area contributed by atoms with Crippen molar-refractivity contribution in [2.24, 2.45) is 11.8 Å². The molecule has 3 rings (SSSR count). The zero-order valence-corrected chi connectivity index (χ0v) is 19.3. The van der Waals surface area contributed by atoms with Gasteiger partial charge in [0.2, 0.25) is 11.8 Å². The Bertz CT molecular complexity index is 900. The molecule has 3 N–H and O–H groups in total. The number of nitrogens with two attached hydrogens (primary N) is 1. The Morgan fingerprint density at radius 3 is 2.52 bits per heavy atom. The fraction of sp³-hybridized carbons (Fsp3) is 0.545. The Balaban J connectivity index is 1.73. The summed E-state index contributed by atoms with van der Waals surface area (Å²) in [4.78, 5) is 23.3. The van der Waals surface area contributed by atoms with Crippen molar-refractivity contribution >= 4 is 29.2 Å². The van der Waals surface area contributed by atoms with Crippen LogP contribution in [0, 0.1) is 22.0 Å². The van der Waals surface area contributed by atoms with Gasteiger partial charge in [-0.15, -0.1) is 11.8 Å². The predicted molar refractivity (Wildman–Crippen MR) is 126 cm³/mol. The average Bonchev–Trinajstić information content (AvgIpc) is 2.73. The van der Waals surface area contributed by atoms with Crippen molar-refractivity contribution in [3.8, 4) is 0 Å². The number of nitrogen functional groups attached to an aromatic ring is 1. The molecule has 1 aliphatic rings. The number of anilines is 2. The summed E-state index contributed by atoms with van der Waals surface area (Å²) in [7, 11) is 4.20. The van der Waals surface area contributed by atoms with E-state index in [0.717, 1.165) is 37.8 Å². The molecular weight excluding hydrogens is 412 g/mol. The van der Waals surface area contributed by atoms with Crippen LogP contribution < -0.4 is 11.1 Å². The van der Waals surface area contributed by atoms with E-state index in [1.165, 1.54) is 4.90 Å². The third-order valence-corrected chi connectivity index (χ3v) is 6.71. The summed E-state index contributed by atoms with van der Waals surface area (Å²) in [6, 6.07) is 8.09. The predicted octanol–water partition coefficient (Wildman–Crippen LogP) is 4.21. The van der Waals surface area contributed by atoms with Gasteiger partial charge in [0, 0.05) is 18.0 Å². The Morgan fingerprint density at radius 1 is 1.19 bits per heavy atom. The van der Waals surface area contributed by atoms with Crippen molar-refractivity contribution in [1.29, 1.82) is 0 Å². The summed E-state index contributed by atoms with van der Waals surface area (Å²) in [5.74, 6) is 1.36. The Morgan fingerprint density at radius 2 is 1.87 bits per heavy atom. The van der Waals surface area contributed by atoms with Crippen LogP contribution >= 0.6 is 11.8 Å². The summed E-state index contributed by atoms with van der Waals surface area (Å²) in [6.45, 7) is 1.63. The van der Waals surface area contributed by atoms with Crippen molar-refractivity contribution < 1.29 is 4.92 Å². The van der Waals surface area contributed by atoms with E-state index in [9.17, 15) is 10.1 Å². The molecule has 1 aromatic carbocycles. The first-order valence-electron chi connectivity index (χ1n) is 10.7. The highest BCUT2D eigenvalue weighted by Crippen LogP contribution is 2.34. The smallest absolute Gasteiger partial charge is 0.332 e. The van der Waals surface area contributed by atoms with E-state index in [-0.39, 0.29) is 11.5 Å². The van der Waals surface area contributed by atoms with E-state index in [4.69, 9.17) is 5.73 Å². The number of rotatable bonds is 9. The van der Waals surface area contributed by atoms with Gasteiger partial charge in [-0.3, -0.25) is 10.1 Å². The number of thioether (sulfide) groups is 1. The number of hydrogen-bond acceptors (Lipinski definition) is 8. The van der Waals surface area contributed by atoms with Gasteiger partial charge in [0.15, 0.2) is 0 Å². The van der Waals surface area contributed by atoms with E-state index in [1.54, 1.807) is 11.8 Å². The summed E-state index contributed by atoms with van der Waals surface area (Å²) >= 11 is 1.67. The molecule has 1 aliphatic carbocycles. The highest BCUT2D eigenvalue weighted by molar-refractivity contribution is 7.98. The molecule has 0 atom stereocenters. The SMILES string of the molecule is CSc1ccccc1CNc1nc(N)c([N+](=O)[O-])c(CC2CCC(CN(C)C)CC2)n1. The Hall–Kier alpha value is -2.39. The van der Waals surface area contributed by atoms with E-state index in [2.05, 4.69) is 40.3 Å². The van der Waals surface area contributed by atoms with Crippen LogP contribution in [0.1, 0.15) is 36.9 Å². The number of benzene rings is 1. The summed E-state index contributed by atoms with van der Waals surface area (Å²) in [5.41, 5.74) is 7.40. The third-order valence-electron chi connectivity index (χ3n) is 5.87.